The molecule has 0 saturated carbocycles. The molecule has 0 bridgehead atoms. The van der Waals surface area contributed by atoms with Crippen molar-refractivity contribution in [2.24, 2.45) is 0 Å². The summed E-state index contributed by atoms with van der Waals surface area (Å²) in [6.45, 7) is 2.62. The van der Waals surface area contributed by atoms with Gasteiger partial charge in [-0.25, -0.2) is 0 Å². The molecular weight excluding hydrogens is 356 g/mol. The standard InChI is InChI=1S/C15H16BrClN2O2/c1-2-11-14(20)18-7-3-4-12(18)15(21)19(11)13-8-9(17)5-6-10(13)16/h5-6,8,11-12H,2-4,7H2,1H3. The molecule has 2 heterocycles. The number of benzene rings is 1. The maximum absolute atomic E-state index is 12.9. The molecule has 3 rings (SSSR count). The van der Waals surface area contributed by atoms with Gasteiger partial charge in [0, 0.05) is 16.0 Å². The summed E-state index contributed by atoms with van der Waals surface area (Å²) in [7, 11) is 0. The Hall–Kier alpha value is -1.07. The van der Waals surface area contributed by atoms with Crippen LogP contribution in [0.3, 0.4) is 0 Å². The van der Waals surface area contributed by atoms with E-state index in [0.717, 1.165) is 17.3 Å². The number of amides is 2. The molecule has 1 aromatic carbocycles. The molecule has 2 saturated heterocycles. The smallest absolute Gasteiger partial charge is 0.250 e. The van der Waals surface area contributed by atoms with Gasteiger partial charge in [-0.1, -0.05) is 18.5 Å². The first-order chi connectivity index (χ1) is 10.0. The molecule has 4 nitrogen and oxygen atoms in total. The van der Waals surface area contributed by atoms with Crippen LogP contribution in [0.25, 0.3) is 0 Å². The molecule has 2 fully saturated rings. The van der Waals surface area contributed by atoms with Crippen molar-refractivity contribution in [2.45, 2.75) is 38.3 Å². The van der Waals surface area contributed by atoms with Crippen molar-refractivity contribution < 1.29 is 9.59 Å². The van der Waals surface area contributed by atoms with Crippen molar-refractivity contribution >= 4 is 45.0 Å². The van der Waals surface area contributed by atoms with Gasteiger partial charge in [0.2, 0.25) is 5.91 Å². The molecule has 0 radical (unpaired) electrons. The molecule has 0 N–H and O–H groups in total. The molecular formula is C15H16BrClN2O2. The predicted molar refractivity (Wildman–Crippen MR) is 85.5 cm³/mol. The molecule has 2 aliphatic heterocycles. The van der Waals surface area contributed by atoms with Crippen LogP contribution in [0.1, 0.15) is 26.2 Å². The minimum absolute atomic E-state index is 0.00177. The monoisotopic (exact) mass is 370 g/mol. The Labute approximate surface area is 137 Å². The van der Waals surface area contributed by atoms with E-state index in [1.54, 1.807) is 21.9 Å². The van der Waals surface area contributed by atoms with Crippen LogP contribution in [-0.4, -0.2) is 35.3 Å². The lowest BCUT2D eigenvalue weighted by Crippen LogP contribution is -2.63. The van der Waals surface area contributed by atoms with Crippen LogP contribution in [0.2, 0.25) is 5.02 Å². The van der Waals surface area contributed by atoms with E-state index in [1.165, 1.54) is 0 Å². The summed E-state index contributed by atoms with van der Waals surface area (Å²) in [5.74, 6) is 0.0494. The summed E-state index contributed by atoms with van der Waals surface area (Å²) < 4.78 is 0.776. The number of hydrogen-bond acceptors (Lipinski definition) is 2. The second-order valence-corrected chi connectivity index (χ2v) is 6.71. The Kier molecular flexibility index (Phi) is 3.97. The van der Waals surface area contributed by atoms with Crippen LogP contribution in [0, 0.1) is 0 Å². The molecule has 2 atom stereocenters. The van der Waals surface area contributed by atoms with Gasteiger partial charge in [0.1, 0.15) is 12.1 Å². The van der Waals surface area contributed by atoms with Crippen molar-refractivity contribution in [3.8, 4) is 0 Å². The highest BCUT2D eigenvalue weighted by molar-refractivity contribution is 9.10. The topological polar surface area (TPSA) is 40.6 Å². The van der Waals surface area contributed by atoms with E-state index in [0.29, 0.717) is 23.7 Å². The Morgan fingerprint density at radius 1 is 1.33 bits per heavy atom. The number of rotatable bonds is 2. The molecule has 1 aromatic rings. The number of nitrogens with zero attached hydrogens (tertiary/aromatic N) is 2. The number of anilines is 1. The van der Waals surface area contributed by atoms with E-state index in [1.807, 2.05) is 13.0 Å². The quantitative estimate of drug-likeness (QED) is 0.801. The van der Waals surface area contributed by atoms with Crippen molar-refractivity contribution in [1.29, 1.82) is 0 Å². The predicted octanol–water partition coefficient (Wildman–Crippen LogP) is 3.22. The van der Waals surface area contributed by atoms with E-state index >= 15 is 0 Å². The first kappa shape index (κ1) is 14.9. The van der Waals surface area contributed by atoms with Crippen molar-refractivity contribution in [1.82, 2.24) is 4.90 Å². The summed E-state index contributed by atoms with van der Waals surface area (Å²) in [5.41, 5.74) is 0.680. The van der Waals surface area contributed by atoms with Gasteiger partial charge in [0.15, 0.2) is 0 Å². The molecule has 2 aliphatic rings. The highest BCUT2D eigenvalue weighted by Crippen LogP contribution is 2.36. The van der Waals surface area contributed by atoms with Crippen LogP contribution >= 0.6 is 27.5 Å². The maximum atomic E-state index is 12.9. The number of fused-ring (bicyclic) bond motifs is 1. The van der Waals surface area contributed by atoms with Crippen LogP contribution in [0.4, 0.5) is 5.69 Å². The van der Waals surface area contributed by atoms with Crippen LogP contribution < -0.4 is 4.90 Å². The zero-order chi connectivity index (χ0) is 15.1. The molecule has 21 heavy (non-hydrogen) atoms. The summed E-state index contributed by atoms with van der Waals surface area (Å²) in [6, 6.07) is 4.55. The highest BCUT2D eigenvalue weighted by Gasteiger charge is 2.47. The van der Waals surface area contributed by atoms with Gasteiger partial charge in [-0.3, -0.25) is 14.5 Å². The van der Waals surface area contributed by atoms with E-state index in [4.69, 9.17) is 11.6 Å². The zero-order valence-electron chi connectivity index (χ0n) is 11.7. The third-order valence-corrected chi connectivity index (χ3v) is 5.12. The van der Waals surface area contributed by atoms with Gasteiger partial charge in [0.25, 0.3) is 5.91 Å². The van der Waals surface area contributed by atoms with Crippen LogP contribution in [0.15, 0.2) is 22.7 Å². The second kappa shape index (κ2) is 5.61. The molecule has 112 valence electrons. The van der Waals surface area contributed by atoms with Gasteiger partial charge in [-0.15, -0.1) is 0 Å². The lowest BCUT2D eigenvalue weighted by atomic mass is 10.0. The minimum atomic E-state index is -0.443. The fourth-order valence-corrected chi connectivity index (χ4v) is 3.82. The molecule has 0 aliphatic carbocycles. The first-order valence-corrected chi connectivity index (χ1v) is 8.30. The largest absolute Gasteiger partial charge is 0.329 e. The summed E-state index contributed by atoms with van der Waals surface area (Å²) in [6.07, 6.45) is 2.23. The van der Waals surface area contributed by atoms with Gasteiger partial charge in [0.05, 0.1) is 5.69 Å². The number of hydrogen-bond donors (Lipinski definition) is 0. The average molecular weight is 372 g/mol. The fraction of sp³-hybridized carbons (Fsp3) is 0.467. The lowest BCUT2D eigenvalue weighted by Gasteiger charge is -2.42. The third-order valence-electron chi connectivity index (χ3n) is 4.21. The number of carbonyl (C=O) groups excluding carboxylic acids is 2. The van der Waals surface area contributed by atoms with Crippen molar-refractivity contribution in [3.05, 3.63) is 27.7 Å². The number of carbonyl (C=O) groups is 2. The van der Waals surface area contributed by atoms with Crippen molar-refractivity contribution in [3.63, 3.8) is 0 Å². The Balaban J connectivity index is 2.08. The number of halogens is 2. The molecule has 2 amide bonds. The molecule has 0 spiro atoms. The summed E-state index contributed by atoms with van der Waals surface area (Å²) >= 11 is 9.53. The van der Waals surface area contributed by atoms with E-state index in [2.05, 4.69) is 15.9 Å². The maximum Gasteiger partial charge on any atom is 0.250 e. The Morgan fingerprint density at radius 3 is 2.81 bits per heavy atom. The first-order valence-electron chi connectivity index (χ1n) is 7.13. The van der Waals surface area contributed by atoms with E-state index < -0.39 is 6.04 Å². The van der Waals surface area contributed by atoms with Crippen LogP contribution in [0.5, 0.6) is 0 Å². The number of piperazine rings is 1. The third kappa shape index (κ3) is 2.36. The molecule has 2 unspecified atom stereocenters. The van der Waals surface area contributed by atoms with E-state index in [9.17, 15) is 9.59 Å². The highest BCUT2D eigenvalue weighted by atomic mass is 79.9. The van der Waals surface area contributed by atoms with Gasteiger partial charge < -0.3 is 4.90 Å². The van der Waals surface area contributed by atoms with Crippen LogP contribution in [-0.2, 0) is 9.59 Å². The normalized spacial score (nSPS) is 25.5. The summed E-state index contributed by atoms with van der Waals surface area (Å²) in [5, 5.41) is 0.553. The average Bonchev–Trinajstić information content (AvgIpc) is 2.95. The van der Waals surface area contributed by atoms with Gasteiger partial charge in [-0.2, -0.15) is 0 Å². The molecule has 0 aromatic heterocycles. The van der Waals surface area contributed by atoms with Gasteiger partial charge >= 0.3 is 0 Å². The SMILES string of the molecule is CCC1C(=O)N2CCCC2C(=O)N1c1cc(Cl)ccc1Br. The zero-order valence-corrected chi connectivity index (χ0v) is 14.0. The van der Waals surface area contributed by atoms with Gasteiger partial charge in [-0.05, 0) is 53.4 Å². The van der Waals surface area contributed by atoms with E-state index in [-0.39, 0.29) is 17.9 Å². The van der Waals surface area contributed by atoms with Crippen molar-refractivity contribution in [2.75, 3.05) is 11.4 Å². The Bertz CT molecular complexity index is 607. The lowest BCUT2D eigenvalue weighted by molar-refractivity contribution is -0.144. The molecule has 6 heteroatoms. The second-order valence-electron chi connectivity index (χ2n) is 5.42. The summed E-state index contributed by atoms with van der Waals surface area (Å²) in [4.78, 5) is 28.9. The fourth-order valence-electron chi connectivity index (χ4n) is 3.22. The Morgan fingerprint density at radius 2 is 2.10 bits per heavy atom. The minimum Gasteiger partial charge on any atom is -0.329 e.